The third-order valence-electron chi connectivity index (χ3n) is 3.51. The first-order valence-electron chi connectivity index (χ1n) is 6.10. The molecule has 1 aliphatic carbocycles. The number of rotatable bonds is 4. The van der Waals surface area contributed by atoms with E-state index in [1.54, 1.807) is 7.11 Å². The Morgan fingerprint density at radius 3 is 2.81 bits per heavy atom. The number of methoxy groups -OCH3 is 1. The third-order valence-corrected chi connectivity index (χ3v) is 3.51. The molecular formula is C12H24N2O2. The summed E-state index contributed by atoms with van der Waals surface area (Å²) in [5, 5.41) is 2.94. The molecule has 4 unspecified atom stereocenters. The minimum absolute atomic E-state index is 0.0742. The van der Waals surface area contributed by atoms with Gasteiger partial charge in [-0.3, -0.25) is 4.79 Å². The molecule has 4 heteroatoms. The smallest absolute Gasteiger partial charge is 0.223 e. The van der Waals surface area contributed by atoms with E-state index >= 15 is 0 Å². The van der Waals surface area contributed by atoms with Gasteiger partial charge in [-0.2, -0.15) is 0 Å². The fourth-order valence-corrected chi connectivity index (χ4v) is 2.29. The van der Waals surface area contributed by atoms with Gasteiger partial charge in [-0.25, -0.2) is 0 Å². The van der Waals surface area contributed by atoms with Gasteiger partial charge in [-0.05, 0) is 32.1 Å². The van der Waals surface area contributed by atoms with Crippen LogP contribution in [0.15, 0.2) is 0 Å². The van der Waals surface area contributed by atoms with Gasteiger partial charge in [0.15, 0.2) is 0 Å². The molecule has 1 aliphatic rings. The zero-order valence-corrected chi connectivity index (χ0v) is 10.5. The Balaban J connectivity index is 2.36. The van der Waals surface area contributed by atoms with Crippen LogP contribution in [0.25, 0.3) is 0 Å². The first kappa shape index (κ1) is 13.5. The summed E-state index contributed by atoms with van der Waals surface area (Å²) in [6.45, 7) is 4.65. The van der Waals surface area contributed by atoms with Gasteiger partial charge < -0.3 is 15.8 Å². The van der Waals surface area contributed by atoms with Crippen molar-refractivity contribution < 1.29 is 9.53 Å². The maximum absolute atomic E-state index is 11.9. The summed E-state index contributed by atoms with van der Waals surface area (Å²) in [7, 11) is 1.65. The second-order valence-corrected chi connectivity index (χ2v) is 4.95. The number of hydrogen-bond acceptors (Lipinski definition) is 3. The summed E-state index contributed by atoms with van der Waals surface area (Å²) in [5.74, 6) is 0.675. The minimum atomic E-state index is 0.0742. The molecule has 0 aromatic heterocycles. The lowest BCUT2D eigenvalue weighted by Crippen LogP contribution is -2.42. The number of ether oxygens (including phenoxy) is 1. The first-order chi connectivity index (χ1) is 7.54. The summed E-state index contributed by atoms with van der Waals surface area (Å²) < 4.78 is 5.10. The van der Waals surface area contributed by atoms with Gasteiger partial charge in [0.05, 0.1) is 6.10 Å². The molecule has 0 saturated heterocycles. The van der Waals surface area contributed by atoms with Crippen molar-refractivity contribution in [2.45, 2.75) is 45.3 Å². The Bertz CT molecular complexity index is 233. The molecule has 1 amide bonds. The van der Waals surface area contributed by atoms with Crippen molar-refractivity contribution in [3.05, 3.63) is 0 Å². The lowest BCUT2D eigenvalue weighted by molar-refractivity contribution is -0.128. The Morgan fingerprint density at radius 1 is 1.56 bits per heavy atom. The van der Waals surface area contributed by atoms with Crippen LogP contribution in [0, 0.1) is 11.8 Å². The van der Waals surface area contributed by atoms with Crippen LogP contribution in [0.3, 0.4) is 0 Å². The van der Waals surface area contributed by atoms with Crippen molar-refractivity contribution in [1.82, 2.24) is 5.32 Å². The molecule has 94 valence electrons. The van der Waals surface area contributed by atoms with Gasteiger partial charge in [0.25, 0.3) is 0 Å². The number of hydrogen-bond donors (Lipinski definition) is 2. The number of nitrogens with one attached hydrogen (secondary N) is 1. The van der Waals surface area contributed by atoms with E-state index in [2.05, 4.69) is 12.2 Å². The van der Waals surface area contributed by atoms with Gasteiger partial charge in [0.2, 0.25) is 5.91 Å². The van der Waals surface area contributed by atoms with Crippen LogP contribution in [0.5, 0.6) is 0 Å². The monoisotopic (exact) mass is 228 g/mol. The Hall–Kier alpha value is -0.610. The lowest BCUT2D eigenvalue weighted by Gasteiger charge is -2.31. The van der Waals surface area contributed by atoms with E-state index in [1.165, 1.54) is 0 Å². The molecule has 0 radical (unpaired) electrons. The van der Waals surface area contributed by atoms with Crippen molar-refractivity contribution >= 4 is 5.91 Å². The highest BCUT2D eigenvalue weighted by Crippen LogP contribution is 2.29. The molecule has 0 aliphatic heterocycles. The van der Waals surface area contributed by atoms with Crippen LogP contribution < -0.4 is 11.1 Å². The van der Waals surface area contributed by atoms with E-state index in [-0.39, 0.29) is 24.0 Å². The highest BCUT2D eigenvalue weighted by Gasteiger charge is 2.30. The van der Waals surface area contributed by atoms with E-state index in [4.69, 9.17) is 10.5 Å². The molecule has 0 heterocycles. The fourth-order valence-electron chi connectivity index (χ4n) is 2.29. The predicted octanol–water partition coefficient (Wildman–Crippen LogP) is 0.901. The van der Waals surface area contributed by atoms with Crippen molar-refractivity contribution in [1.29, 1.82) is 0 Å². The second kappa shape index (κ2) is 6.21. The van der Waals surface area contributed by atoms with Gasteiger partial charge in [-0.1, -0.05) is 6.92 Å². The first-order valence-corrected chi connectivity index (χ1v) is 6.10. The second-order valence-electron chi connectivity index (χ2n) is 4.95. The third kappa shape index (κ3) is 3.76. The van der Waals surface area contributed by atoms with Gasteiger partial charge >= 0.3 is 0 Å². The van der Waals surface area contributed by atoms with Gasteiger partial charge in [-0.15, -0.1) is 0 Å². The standard InChI is InChI=1S/C12H24N2O2/c1-8-6-10(13)4-5-11(8)12(15)14-7-9(2)16-3/h8-11H,4-7,13H2,1-3H3,(H,14,15). The topological polar surface area (TPSA) is 64.3 Å². The molecule has 1 saturated carbocycles. The molecule has 4 nitrogen and oxygen atoms in total. The van der Waals surface area contributed by atoms with E-state index in [9.17, 15) is 4.79 Å². The van der Waals surface area contributed by atoms with Crippen LogP contribution >= 0.6 is 0 Å². The van der Waals surface area contributed by atoms with Crippen LogP contribution in [-0.2, 0) is 9.53 Å². The Morgan fingerprint density at radius 2 is 2.25 bits per heavy atom. The van der Waals surface area contributed by atoms with Crippen molar-refractivity contribution in [2.75, 3.05) is 13.7 Å². The molecule has 4 atom stereocenters. The molecule has 0 bridgehead atoms. The summed E-state index contributed by atoms with van der Waals surface area (Å²) in [6.07, 6.45) is 2.90. The molecule has 3 N–H and O–H groups in total. The summed E-state index contributed by atoms with van der Waals surface area (Å²) in [5.41, 5.74) is 5.88. The molecule has 0 spiro atoms. The molecular weight excluding hydrogens is 204 g/mol. The highest BCUT2D eigenvalue weighted by atomic mass is 16.5. The van der Waals surface area contributed by atoms with E-state index in [0.29, 0.717) is 12.5 Å². The molecule has 1 rings (SSSR count). The number of nitrogens with two attached hydrogens (primary N) is 1. The van der Waals surface area contributed by atoms with E-state index < -0.39 is 0 Å². The van der Waals surface area contributed by atoms with Crippen LogP contribution in [0.2, 0.25) is 0 Å². The molecule has 0 aromatic rings. The average molecular weight is 228 g/mol. The molecule has 0 aromatic carbocycles. The number of amides is 1. The van der Waals surface area contributed by atoms with Crippen LogP contribution in [-0.4, -0.2) is 31.7 Å². The van der Waals surface area contributed by atoms with E-state index in [1.807, 2.05) is 6.92 Å². The van der Waals surface area contributed by atoms with Crippen molar-refractivity contribution in [3.8, 4) is 0 Å². The average Bonchev–Trinajstić information content (AvgIpc) is 2.25. The van der Waals surface area contributed by atoms with Crippen molar-refractivity contribution in [3.63, 3.8) is 0 Å². The summed E-state index contributed by atoms with van der Waals surface area (Å²) >= 11 is 0. The van der Waals surface area contributed by atoms with Crippen molar-refractivity contribution in [2.24, 2.45) is 17.6 Å². The molecule has 16 heavy (non-hydrogen) atoms. The quantitative estimate of drug-likeness (QED) is 0.751. The Labute approximate surface area is 97.9 Å². The maximum Gasteiger partial charge on any atom is 0.223 e. The zero-order chi connectivity index (χ0) is 12.1. The number of carbonyl (C=O) groups is 1. The summed E-state index contributed by atoms with van der Waals surface area (Å²) in [4.78, 5) is 11.9. The normalized spacial score (nSPS) is 32.1. The Kier molecular flexibility index (Phi) is 5.22. The lowest BCUT2D eigenvalue weighted by atomic mass is 9.78. The van der Waals surface area contributed by atoms with Gasteiger partial charge in [0.1, 0.15) is 0 Å². The summed E-state index contributed by atoms with van der Waals surface area (Å²) in [6, 6.07) is 0.275. The number of carbonyl (C=O) groups excluding carboxylic acids is 1. The SMILES string of the molecule is COC(C)CNC(=O)C1CCC(N)CC1C. The molecule has 1 fully saturated rings. The highest BCUT2D eigenvalue weighted by molar-refractivity contribution is 5.79. The van der Waals surface area contributed by atoms with Gasteiger partial charge in [0, 0.05) is 25.6 Å². The van der Waals surface area contributed by atoms with Crippen LogP contribution in [0.1, 0.15) is 33.1 Å². The fraction of sp³-hybridized carbons (Fsp3) is 0.917. The largest absolute Gasteiger partial charge is 0.380 e. The van der Waals surface area contributed by atoms with E-state index in [0.717, 1.165) is 19.3 Å². The minimum Gasteiger partial charge on any atom is -0.380 e. The van der Waals surface area contributed by atoms with Crippen LogP contribution in [0.4, 0.5) is 0 Å². The zero-order valence-electron chi connectivity index (χ0n) is 10.5. The predicted molar refractivity (Wildman–Crippen MR) is 64.0 cm³/mol. The maximum atomic E-state index is 11.9.